The molecule has 1 aromatic carbocycles. The zero-order valence-electron chi connectivity index (χ0n) is 11.6. The zero-order chi connectivity index (χ0) is 14.8. The molecule has 21 heavy (non-hydrogen) atoms. The van der Waals surface area contributed by atoms with Crippen molar-refractivity contribution in [2.45, 2.75) is 19.9 Å². The first-order chi connectivity index (χ1) is 10.2. The highest BCUT2D eigenvalue weighted by molar-refractivity contribution is 6.29. The van der Waals surface area contributed by atoms with Gasteiger partial charge in [0.15, 0.2) is 5.78 Å². The van der Waals surface area contributed by atoms with Crippen molar-refractivity contribution < 1.29 is 4.79 Å². The van der Waals surface area contributed by atoms with E-state index in [0.29, 0.717) is 10.7 Å². The lowest BCUT2D eigenvalue weighted by Crippen LogP contribution is -2.05. The smallest absolute Gasteiger partial charge is 0.169 e. The van der Waals surface area contributed by atoms with Gasteiger partial charge in [-0.05, 0) is 25.1 Å². The van der Waals surface area contributed by atoms with E-state index in [1.165, 1.54) is 6.20 Å². The van der Waals surface area contributed by atoms with Crippen LogP contribution in [-0.2, 0) is 13.0 Å². The number of halogens is 1. The number of aromatic nitrogens is 3. The van der Waals surface area contributed by atoms with Gasteiger partial charge in [-0.15, -0.1) is 0 Å². The number of rotatable bonds is 4. The zero-order valence-corrected chi connectivity index (χ0v) is 12.3. The van der Waals surface area contributed by atoms with Crippen LogP contribution in [0.3, 0.4) is 0 Å². The molecule has 0 saturated carbocycles. The Morgan fingerprint density at radius 1 is 1.29 bits per heavy atom. The molecule has 0 aliphatic carbocycles. The van der Waals surface area contributed by atoms with Gasteiger partial charge in [0.2, 0.25) is 0 Å². The third-order valence-corrected chi connectivity index (χ3v) is 3.62. The quantitative estimate of drug-likeness (QED) is 0.547. The summed E-state index contributed by atoms with van der Waals surface area (Å²) in [6.45, 7) is 2.81. The Balaban J connectivity index is 1.97. The average molecular weight is 300 g/mol. The maximum absolute atomic E-state index is 12.4. The number of fused-ring (bicyclic) bond motifs is 1. The third kappa shape index (κ3) is 2.67. The van der Waals surface area contributed by atoms with Crippen molar-refractivity contribution in [3.05, 3.63) is 59.0 Å². The molecule has 0 amide bonds. The Hall–Kier alpha value is -2.20. The van der Waals surface area contributed by atoms with Crippen LogP contribution in [0.4, 0.5) is 0 Å². The van der Waals surface area contributed by atoms with E-state index in [1.54, 1.807) is 12.1 Å². The molecule has 0 fully saturated rings. The number of carbonyl (C=O) groups is 1. The molecule has 0 bridgehead atoms. The largest absolute Gasteiger partial charge is 0.294 e. The van der Waals surface area contributed by atoms with Crippen LogP contribution in [0.2, 0.25) is 5.15 Å². The van der Waals surface area contributed by atoms with Gasteiger partial charge in [-0.25, -0.2) is 4.98 Å². The van der Waals surface area contributed by atoms with Gasteiger partial charge < -0.3 is 0 Å². The molecule has 3 aromatic rings. The van der Waals surface area contributed by atoms with Crippen molar-refractivity contribution in [3.8, 4) is 0 Å². The minimum absolute atomic E-state index is 0.00851. The van der Waals surface area contributed by atoms with Gasteiger partial charge in [0.25, 0.3) is 0 Å². The summed E-state index contributed by atoms with van der Waals surface area (Å²) in [6.07, 6.45) is 1.80. The predicted octanol–water partition coefficient (Wildman–Crippen LogP) is 3.53. The molecular weight excluding hydrogens is 286 g/mol. The molecule has 0 radical (unpaired) electrons. The number of Topliss-reactive ketones (excluding diaryl/α,β-unsaturated/α-hetero) is 1. The molecule has 0 N–H and O–H groups in total. The van der Waals surface area contributed by atoms with Crippen LogP contribution in [0, 0.1) is 0 Å². The fourth-order valence-electron chi connectivity index (χ4n) is 2.40. The number of nitrogens with zero attached hydrogens (tertiary/aromatic N) is 3. The summed E-state index contributed by atoms with van der Waals surface area (Å²) in [5.74, 6) is -0.00851. The number of para-hydroxylation sites is 1. The Bertz CT molecular complexity index is 810. The molecule has 4 nitrogen and oxygen atoms in total. The second-order valence-electron chi connectivity index (χ2n) is 4.75. The van der Waals surface area contributed by atoms with Crippen molar-refractivity contribution in [1.82, 2.24) is 14.8 Å². The number of carbonyl (C=O) groups excluding carboxylic acids is 1. The van der Waals surface area contributed by atoms with Crippen LogP contribution in [0.15, 0.2) is 42.6 Å². The normalized spacial score (nSPS) is 11.0. The minimum atomic E-state index is -0.00851. The summed E-state index contributed by atoms with van der Waals surface area (Å²) in [6, 6.07) is 11.2. The van der Waals surface area contributed by atoms with Crippen LogP contribution in [0.1, 0.15) is 23.0 Å². The van der Waals surface area contributed by atoms with Gasteiger partial charge in [0, 0.05) is 23.7 Å². The van der Waals surface area contributed by atoms with E-state index < -0.39 is 0 Å². The lowest BCUT2D eigenvalue weighted by Gasteiger charge is -1.99. The molecule has 0 aliphatic rings. The molecule has 3 rings (SSSR count). The van der Waals surface area contributed by atoms with Gasteiger partial charge in [-0.3, -0.25) is 9.48 Å². The monoisotopic (exact) mass is 299 g/mol. The number of benzene rings is 1. The van der Waals surface area contributed by atoms with Gasteiger partial charge in [-0.1, -0.05) is 29.8 Å². The number of aryl methyl sites for hydroxylation is 1. The molecule has 0 spiro atoms. The van der Waals surface area contributed by atoms with E-state index in [2.05, 4.69) is 10.1 Å². The van der Waals surface area contributed by atoms with Crippen molar-refractivity contribution in [2.75, 3.05) is 0 Å². The van der Waals surface area contributed by atoms with E-state index in [9.17, 15) is 4.79 Å². The van der Waals surface area contributed by atoms with Gasteiger partial charge >= 0.3 is 0 Å². The van der Waals surface area contributed by atoms with Crippen LogP contribution >= 0.6 is 11.6 Å². The van der Waals surface area contributed by atoms with E-state index in [-0.39, 0.29) is 12.2 Å². The lowest BCUT2D eigenvalue weighted by molar-refractivity contribution is 0.0992. The average Bonchev–Trinajstić information content (AvgIpc) is 2.85. The van der Waals surface area contributed by atoms with Crippen molar-refractivity contribution in [2.24, 2.45) is 0 Å². The first-order valence-electron chi connectivity index (χ1n) is 6.78. The number of hydrogen-bond donors (Lipinski definition) is 0. The number of ketones is 1. The van der Waals surface area contributed by atoms with Crippen molar-refractivity contribution in [1.29, 1.82) is 0 Å². The summed E-state index contributed by atoms with van der Waals surface area (Å²) in [5, 5.41) is 5.89. The fourth-order valence-corrected chi connectivity index (χ4v) is 2.57. The van der Waals surface area contributed by atoms with Crippen LogP contribution in [-0.4, -0.2) is 20.5 Å². The molecule has 106 valence electrons. The second-order valence-corrected chi connectivity index (χ2v) is 5.13. The van der Waals surface area contributed by atoms with E-state index in [0.717, 1.165) is 23.1 Å². The Morgan fingerprint density at radius 2 is 2.10 bits per heavy atom. The van der Waals surface area contributed by atoms with Gasteiger partial charge in [0.05, 0.1) is 17.6 Å². The highest BCUT2D eigenvalue weighted by atomic mass is 35.5. The molecule has 2 heterocycles. The second kappa shape index (κ2) is 5.66. The van der Waals surface area contributed by atoms with Crippen molar-refractivity contribution >= 4 is 28.3 Å². The van der Waals surface area contributed by atoms with Crippen LogP contribution < -0.4 is 0 Å². The standard InChI is InChI=1S/C16H14ClN3O/c1-2-20-14-6-4-3-5-12(14)13(19-20)10-15(21)11-7-8-18-16(17)9-11/h3-9H,2,10H2,1H3. The third-order valence-electron chi connectivity index (χ3n) is 3.41. The van der Waals surface area contributed by atoms with E-state index in [4.69, 9.17) is 11.6 Å². The van der Waals surface area contributed by atoms with Crippen molar-refractivity contribution in [3.63, 3.8) is 0 Å². The summed E-state index contributed by atoms with van der Waals surface area (Å²) >= 11 is 5.83. The van der Waals surface area contributed by atoms with Gasteiger partial charge in [-0.2, -0.15) is 5.10 Å². The van der Waals surface area contributed by atoms with Crippen LogP contribution in [0.25, 0.3) is 10.9 Å². The number of hydrogen-bond acceptors (Lipinski definition) is 3. The molecule has 0 saturated heterocycles. The molecule has 0 aliphatic heterocycles. The maximum atomic E-state index is 12.4. The highest BCUT2D eigenvalue weighted by Crippen LogP contribution is 2.20. The predicted molar refractivity (Wildman–Crippen MR) is 82.7 cm³/mol. The topological polar surface area (TPSA) is 47.8 Å². The lowest BCUT2D eigenvalue weighted by atomic mass is 10.1. The highest BCUT2D eigenvalue weighted by Gasteiger charge is 2.14. The maximum Gasteiger partial charge on any atom is 0.169 e. The molecule has 0 atom stereocenters. The molecule has 5 heteroatoms. The molecular formula is C16H14ClN3O. The molecule has 2 aromatic heterocycles. The minimum Gasteiger partial charge on any atom is -0.294 e. The van der Waals surface area contributed by atoms with E-state index in [1.807, 2.05) is 35.9 Å². The first kappa shape index (κ1) is 13.8. The summed E-state index contributed by atoms with van der Waals surface area (Å²) in [4.78, 5) is 16.3. The Labute approximate surface area is 127 Å². The summed E-state index contributed by atoms with van der Waals surface area (Å²) < 4.78 is 1.91. The molecule has 0 unspecified atom stereocenters. The Morgan fingerprint density at radius 3 is 2.86 bits per heavy atom. The van der Waals surface area contributed by atoms with E-state index >= 15 is 0 Å². The Kier molecular flexibility index (Phi) is 3.71. The summed E-state index contributed by atoms with van der Waals surface area (Å²) in [7, 11) is 0. The SMILES string of the molecule is CCn1nc(CC(=O)c2ccnc(Cl)c2)c2ccccc21. The van der Waals surface area contributed by atoms with Crippen LogP contribution in [0.5, 0.6) is 0 Å². The first-order valence-corrected chi connectivity index (χ1v) is 7.16. The number of pyridine rings is 1. The summed E-state index contributed by atoms with van der Waals surface area (Å²) in [5.41, 5.74) is 2.41. The van der Waals surface area contributed by atoms with Gasteiger partial charge in [0.1, 0.15) is 5.15 Å². The fraction of sp³-hybridized carbons (Fsp3) is 0.188.